The lowest BCUT2D eigenvalue weighted by Gasteiger charge is -2.20. The van der Waals surface area contributed by atoms with Crippen LogP contribution in [0.4, 0.5) is 0 Å². The van der Waals surface area contributed by atoms with Crippen molar-refractivity contribution in [3.63, 3.8) is 0 Å². The average molecular weight is 278 g/mol. The Labute approximate surface area is 119 Å². The molecule has 1 amide bonds. The summed E-state index contributed by atoms with van der Waals surface area (Å²) in [7, 11) is 1.62. The van der Waals surface area contributed by atoms with E-state index >= 15 is 0 Å². The first kappa shape index (κ1) is 15.0. The number of ether oxygens (including phenoxy) is 1. The van der Waals surface area contributed by atoms with Crippen LogP contribution in [0, 0.1) is 0 Å². The van der Waals surface area contributed by atoms with Gasteiger partial charge in [0.2, 0.25) is 5.91 Å². The zero-order valence-electron chi connectivity index (χ0n) is 11.7. The first-order valence-electron chi connectivity index (χ1n) is 6.94. The molecular formula is C15H22N2O3. The van der Waals surface area contributed by atoms with Crippen molar-refractivity contribution in [3.8, 4) is 0 Å². The molecule has 0 bridgehead atoms. The summed E-state index contributed by atoms with van der Waals surface area (Å²) in [5, 5.41) is 12.9. The number of benzene rings is 1. The zero-order chi connectivity index (χ0) is 14.5. The molecule has 0 saturated heterocycles. The van der Waals surface area contributed by atoms with Crippen LogP contribution in [-0.2, 0) is 16.0 Å². The molecule has 110 valence electrons. The van der Waals surface area contributed by atoms with Crippen LogP contribution in [0.15, 0.2) is 24.3 Å². The summed E-state index contributed by atoms with van der Waals surface area (Å²) in [6.07, 6.45) is 1.31. The lowest BCUT2D eigenvalue weighted by atomic mass is 10.1. The quantitative estimate of drug-likeness (QED) is 0.662. The fraction of sp³-hybridized carbons (Fsp3) is 0.533. The van der Waals surface area contributed by atoms with Gasteiger partial charge in [0.1, 0.15) is 0 Å². The SMILES string of the molecule is COCCCC(N)C(=O)N[C@H]1c2ccccc2C[C@H]1O. The number of carbonyl (C=O) groups excluding carboxylic acids is 1. The first-order chi connectivity index (χ1) is 9.63. The molecule has 0 fully saturated rings. The van der Waals surface area contributed by atoms with E-state index in [1.807, 2.05) is 24.3 Å². The van der Waals surface area contributed by atoms with Crippen molar-refractivity contribution < 1.29 is 14.6 Å². The monoisotopic (exact) mass is 278 g/mol. The molecule has 0 heterocycles. The van der Waals surface area contributed by atoms with Gasteiger partial charge in [0.05, 0.1) is 18.2 Å². The molecule has 0 spiro atoms. The largest absolute Gasteiger partial charge is 0.390 e. The van der Waals surface area contributed by atoms with Gasteiger partial charge in [-0.15, -0.1) is 0 Å². The van der Waals surface area contributed by atoms with Crippen LogP contribution in [0.5, 0.6) is 0 Å². The van der Waals surface area contributed by atoms with Gasteiger partial charge in [-0.05, 0) is 24.0 Å². The summed E-state index contributed by atoms with van der Waals surface area (Å²) in [5.41, 5.74) is 7.92. The fourth-order valence-electron chi connectivity index (χ4n) is 2.59. The number of amides is 1. The van der Waals surface area contributed by atoms with Gasteiger partial charge in [0.25, 0.3) is 0 Å². The minimum atomic E-state index is -0.581. The number of fused-ring (bicyclic) bond motifs is 1. The third kappa shape index (κ3) is 3.36. The molecule has 1 aliphatic rings. The number of nitrogens with two attached hydrogens (primary N) is 1. The van der Waals surface area contributed by atoms with Crippen molar-refractivity contribution in [2.45, 2.75) is 37.5 Å². The Morgan fingerprint density at radius 2 is 2.30 bits per heavy atom. The third-order valence-corrected chi connectivity index (χ3v) is 3.70. The molecule has 0 aromatic heterocycles. The molecule has 0 radical (unpaired) electrons. The first-order valence-corrected chi connectivity index (χ1v) is 6.94. The predicted molar refractivity (Wildman–Crippen MR) is 76.1 cm³/mol. The molecule has 1 unspecified atom stereocenters. The number of methoxy groups -OCH3 is 1. The van der Waals surface area contributed by atoms with Crippen molar-refractivity contribution in [2.24, 2.45) is 5.73 Å². The molecule has 1 aliphatic carbocycles. The number of rotatable bonds is 6. The number of hydrogen-bond donors (Lipinski definition) is 3. The molecule has 1 aromatic carbocycles. The summed E-state index contributed by atoms with van der Waals surface area (Å²) in [6.45, 7) is 0.593. The zero-order valence-corrected chi connectivity index (χ0v) is 11.7. The van der Waals surface area contributed by atoms with Gasteiger partial charge in [0.15, 0.2) is 0 Å². The van der Waals surface area contributed by atoms with Crippen LogP contribution >= 0.6 is 0 Å². The third-order valence-electron chi connectivity index (χ3n) is 3.70. The van der Waals surface area contributed by atoms with Crippen molar-refractivity contribution in [1.82, 2.24) is 5.32 Å². The number of hydrogen-bond acceptors (Lipinski definition) is 4. The normalized spacial score (nSPS) is 22.4. The topological polar surface area (TPSA) is 84.6 Å². The molecule has 0 aliphatic heterocycles. The van der Waals surface area contributed by atoms with E-state index in [0.29, 0.717) is 19.4 Å². The molecule has 5 nitrogen and oxygen atoms in total. The highest BCUT2D eigenvalue weighted by molar-refractivity contribution is 5.82. The van der Waals surface area contributed by atoms with E-state index in [1.54, 1.807) is 7.11 Å². The Morgan fingerprint density at radius 1 is 1.55 bits per heavy atom. The molecular weight excluding hydrogens is 256 g/mol. The van der Waals surface area contributed by atoms with E-state index in [4.69, 9.17) is 10.5 Å². The second-order valence-electron chi connectivity index (χ2n) is 5.20. The maximum atomic E-state index is 12.1. The smallest absolute Gasteiger partial charge is 0.237 e. The second-order valence-corrected chi connectivity index (χ2v) is 5.20. The number of nitrogens with one attached hydrogen (secondary N) is 1. The highest BCUT2D eigenvalue weighted by Crippen LogP contribution is 2.31. The van der Waals surface area contributed by atoms with Crippen LogP contribution < -0.4 is 11.1 Å². The summed E-state index contributed by atoms with van der Waals surface area (Å²) < 4.78 is 4.94. The van der Waals surface area contributed by atoms with Crippen LogP contribution in [0.3, 0.4) is 0 Å². The number of aliphatic hydroxyl groups is 1. The van der Waals surface area contributed by atoms with Crippen LogP contribution in [0.1, 0.15) is 30.0 Å². The second kappa shape index (κ2) is 6.83. The highest BCUT2D eigenvalue weighted by Gasteiger charge is 2.32. The van der Waals surface area contributed by atoms with Gasteiger partial charge in [-0.3, -0.25) is 4.79 Å². The lowest BCUT2D eigenvalue weighted by Crippen LogP contribution is -2.44. The van der Waals surface area contributed by atoms with Crippen molar-refractivity contribution in [1.29, 1.82) is 0 Å². The Bertz CT molecular complexity index is 464. The van der Waals surface area contributed by atoms with Crippen molar-refractivity contribution >= 4 is 5.91 Å². The Kier molecular flexibility index (Phi) is 5.11. The van der Waals surface area contributed by atoms with E-state index in [0.717, 1.165) is 17.5 Å². The number of carbonyl (C=O) groups is 1. The molecule has 2 rings (SSSR count). The van der Waals surface area contributed by atoms with E-state index in [9.17, 15) is 9.90 Å². The maximum absolute atomic E-state index is 12.1. The molecule has 0 saturated carbocycles. The minimum absolute atomic E-state index is 0.221. The standard InChI is InChI=1S/C15H22N2O3/c1-20-8-4-7-12(16)15(19)17-14-11-6-3-2-5-10(11)9-13(14)18/h2-3,5-6,12-14,18H,4,7-9,16H2,1H3,(H,17,19)/t12?,13-,14+/m1/s1. The van der Waals surface area contributed by atoms with Crippen LogP contribution in [0.25, 0.3) is 0 Å². The summed E-state index contributed by atoms with van der Waals surface area (Å²) in [6, 6.07) is 6.84. The van der Waals surface area contributed by atoms with E-state index in [-0.39, 0.29) is 11.9 Å². The van der Waals surface area contributed by atoms with E-state index in [2.05, 4.69) is 5.32 Å². The van der Waals surface area contributed by atoms with Gasteiger partial charge in [-0.2, -0.15) is 0 Å². The van der Waals surface area contributed by atoms with Gasteiger partial charge in [-0.1, -0.05) is 24.3 Å². The Balaban J connectivity index is 1.94. The summed E-state index contributed by atoms with van der Waals surface area (Å²) in [4.78, 5) is 12.1. The highest BCUT2D eigenvalue weighted by atomic mass is 16.5. The van der Waals surface area contributed by atoms with Crippen LogP contribution in [-0.4, -0.2) is 36.9 Å². The van der Waals surface area contributed by atoms with Gasteiger partial charge >= 0.3 is 0 Å². The van der Waals surface area contributed by atoms with Gasteiger partial charge in [0, 0.05) is 20.1 Å². The molecule has 3 atom stereocenters. The van der Waals surface area contributed by atoms with Gasteiger partial charge < -0.3 is 20.9 Å². The summed E-state index contributed by atoms with van der Waals surface area (Å²) in [5.74, 6) is -0.221. The predicted octanol–water partition coefficient (Wildman–Crippen LogP) is 0.515. The van der Waals surface area contributed by atoms with Crippen molar-refractivity contribution in [3.05, 3.63) is 35.4 Å². The molecule has 1 aromatic rings. The van der Waals surface area contributed by atoms with Gasteiger partial charge in [-0.25, -0.2) is 0 Å². The van der Waals surface area contributed by atoms with E-state index < -0.39 is 12.1 Å². The molecule has 20 heavy (non-hydrogen) atoms. The molecule has 5 heteroatoms. The lowest BCUT2D eigenvalue weighted by molar-refractivity contribution is -0.124. The molecule has 4 N–H and O–H groups in total. The fourth-order valence-corrected chi connectivity index (χ4v) is 2.59. The van der Waals surface area contributed by atoms with E-state index in [1.165, 1.54) is 0 Å². The summed E-state index contributed by atoms with van der Waals surface area (Å²) >= 11 is 0. The Morgan fingerprint density at radius 3 is 3.05 bits per heavy atom. The Hall–Kier alpha value is -1.43. The van der Waals surface area contributed by atoms with Crippen molar-refractivity contribution in [2.75, 3.05) is 13.7 Å². The maximum Gasteiger partial charge on any atom is 0.237 e. The van der Waals surface area contributed by atoms with Crippen LogP contribution in [0.2, 0.25) is 0 Å². The average Bonchev–Trinajstić information content (AvgIpc) is 2.75. The number of aliphatic hydroxyl groups excluding tert-OH is 1. The minimum Gasteiger partial charge on any atom is -0.390 e.